The van der Waals surface area contributed by atoms with E-state index in [4.69, 9.17) is 5.73 Å². The lowest BCUT2D eigenvalue weighted by molar-refractivity contribution is 0.574. The molecular weight excluding hydrogens is 162 g/mol. The molecular formula is C10H25N3. The minimum Gasteiger partial charge on any atom is -0.330 e. The first kappa shape index (κ1) is 12.9. The van der Waals surface area contributed by atoms with Gasteiger partial charge >= 0.3 is 0 Å². The van der Waals surface area contributed by atoms with Crippen molar-refractivity contribution in [3.8, 4) is 0 Å². The zero-order valence-electron chi connectivity index (χ0n) is 8.94. The van der Waals surface area contributed by atoms with Gasteiger partial charge in [0.1, 0.15) is 0 Å². The molecule has 0 radical (unpaired) electrons. The minimum atomic E-state index is 0.822. The van der Waals surface area contributed by atoms with Crippen LogP contribution in [-0.2, 0) is 0 Å². The first-order valence-corrected chi connectivity index (χ1v) is 5.53. The van der Waals surface area contributed by atoms with Gasteiger partial charge in [0.05, 0.1) is 0 Å². The normalized spacial score (nSPS) is 10.6. The number of hydrogen-bond acceptors (Lipinski definition) is 3. The van der Waals surface area contributed by atoms with E-state index in [2.05, 4.69) is 17.6 Å². The van der Waals surface area contributed by atoms with Crippen LogP contribution in [-0.4, -0.2) is 32.7 Å². The zero-order chi connectivity index (χ0) is 9.78. The van der Waals surface area contributed by atoms with E-state index in [-0.39, 0.29) is 0 Å². The number of nitrogens with two attached hydrogens (primary N) is 1. The molecule has 0 aromatic rings. The quantitative estimate of drug-likeness (QED) is 0.441. The second-order valence-electron chi connectivity index (χ2n) is 3.31. The molecule has 3 nitrogen and oxygen atoms in total. The van der Waals surface area contributed by atoms with Gasteiger partial charge in [-0.1, -0.05) is 6.92 Å². The molecule has 0 amide bonds. The molecule has 0 saturated heterocycles. The smallest absolute Gasteiger partial charge is 0.00484 e. The Hall–Kier alpha value is -0.120. The fourth-order valence-corrected chi connectivity index (χ4v) is 1.20. The van der Waals surface area contributed by atoms with Crippen LogP contribution in [0.4, 0.5) is 0 Å². The fourth-order valence-electron chi connectivity index (χ4n) is 1.20. The van der Waals surface area contributed by atoms with Crippen molar-refractivity contribution in [1.82, 2.24) is 10.6 Å². The van der Waals surface area contributed by atoms with Crippen LogP contribution in [0.1, 0.15) is 32.6 Å². The third-order valence-electron chi connectivity index (χ3n) is 2.01. The molecule has 4 N–H and O–H groups in total. The Morgan fingerprint density at radius 2 is 1.38 bits per heavy atom. The number of nitrogens with one attached hydrogen (secondary N) is 2. The predicted molar refractivity (Wildman–Crippen MR) is 58.9 cm³/mol. The molecule has 0 unspecified atom stereocenters. The van der Waals surface area contributed by atoms with Gasteiger partial charge < -0.3 is 16.4 Å². The van der Waals surface area contributed by atoms with Crippen molar-refractivity contribution >= 4 is 0 Å². The van der Waals surface area contributed by atoms with Crippen LogP contribution in [0.2, 0.25) is 0 Å². The molecule has 0 spiro atoms. The van der Waals surface area contributed by atoms with Gasteiger partial charge in [0.2, 0.25) is 0 Å². The van der Waals surface area contributed by atoms with Gasteiger partial charge in [-0.2, -0.15) is 0 Å². The van der Waals surface area contributed by atoms with Crippen LogP contribution in [0.25, 0.3) is 0 Å². The van der Waals surface area contributed by atoms with E-state index in [1.165, 1.54) is 19.3 Å². The van der Waals surface area contributed by atoms with E-state index in [0.717, 1.165) is 39.1 Å². The molecule has 0 fully saturated rings. The van der Waals surface area contributed by atoms with E-state index in [0.29, 0.717) is 0 Å². The third kappa shape index (κ3) is 11.9. The van der Waals surface area contributed by atoms with E-state index >= 15 is 0 Å². The molecule has 0 aromatic heterocycles. The molecule has 0 atom stereocenters. The van der Waals surface area contributed by atoms with Crippen molar-refractivity contribution in [3.63, 3.8) is 0 Å². The Kier molecular flexibility index (Phi) is 11.8. The Balaban J connectivity index is 2.76. The predicted octanol–water partition coefficient (Wildman–Crippen LogP) is 0.705. The highest BCUT2D eigenvalue weighted by Crippen LogP contribution is 1.86. The second kappa shape index (κ2) is 11.9. The van der Waals surface area contributed by atoms with Gasteiger partial charge in [0.25, 0.3) is 0 Å². The van der Waals surface area contributed by atoms with Crippen LogP contribution >= 0.6 is 0 Å². The molecule has 0 aliphatic heterocycles. The van der Waals surface area contributed by atoms with Crippen molar-refractivity contribution in [2.45, 2.75) is 32.6 Å². The molecule has 0 aromatic carbocycles. The van der Waals surface area contributed by atoms with Gasteiger partial charge in [-0.15, -0.1) is 0 Å². The topological polar surface area (TPSA) is 50.1 Å². The van der Waals surface area contributed by atoms with E-state index < -0.39 is 0 Å². The Labute approximate surface area is 82.5 Å². The molecule has 13 heavy (non-hydrogen) atoms. The average molecular weight is 187 g/mol. The number of rotatable bonds is 10. The van der Waals surface area contributed by atoms with Crippen molar-refractivity contribution in [2.75, 3.05) is 32.7 Å². The van der Waals surface area contributed by atoms with Crippen molar-refractivity contribution in [2.24, 2.45) is 5.73 Å². The summed E-state index contributed by atoms with van der Waals surface area (Å²) in [5, 5.41) is 6.73. The number of hydrogen-bond donors (Lipinski definition) is 3. The molecule has 80 valence electrons. The van der Waals surface area contributed by atoms with E-state index in [9.17, 15) is 0 Å². The lowest BCUT2D eigenvalue weighted by Crippen LogP contribution is -2.20. The summed E-state index contributed by atoms with van der Waals surface area (Å²) in [6, 6.07) is 0. The summed E-state index contributed by atoms with van der Waals surface area (Å²) in [6.45, 7) is 7.48. The van der Waals surface area contributed by atoms with E-state index in [1.807, 2.05) is 0 Å². The second-order valence-corrected chi connectivity index (χ2v) is 3.31. The van der Waals surface area contributed by atoms with Crippen molar-refractivity contribution in [1.29, 1.82) is 0 Å². The molecule has 0 saturated carbocycles. The molecule has 0 bridgehead atoms. The maximum Gasteiger partial charge on any atom is -0.00484 e. The Morgan fingerprint density at radius 1 is 0.846 bits per heavy atom. The molecule has 0 aliphatic carbocycles. The highest BCUT2D eigenvalue weighted by molar-refractivity contribution is 4.51. The van der Waals surface area contributed by atoms with Gasteiger partial charge in [-0.25, -0.2) is 0 Å². The molecule has 0 aliphatic rings. The van der Waals surface area contributed by atoms with Gasteiger partial charge in [0.15, 0.2) is 0 Å². The Bertz CT molecular complexity index is 76.2. The van der Waals surface area contributed by atoms with Crippen LogP contribution in [0, 0.1) is 0 Å². The summed E-state index contributed by atoms with van der Waals surface area (Å²) in [6.07, 6.45) is 4.90. The Morgan fingerprint density at radius 3 is 1.92 bits per heavy atom. The first-order chi connectivity index (χ1) is 6.41. The average Bonchev–Trinajstić information content (AvgIpc) is 2.16. The molecule has 0 heterocycles. The van der Waals surface area contributed by atoms with Crippen LogP contribution < -0.4 is 16.4 Å². The van der Waals surface area contributed by atoms with Crippen LogP contribution in [0.15, 0.2) is 0 Å². The maximum atomic E-state index is 5.39. The fraction of sp³-hybridized carbons (Fsp3) is 1.00. The van der Waals surface area contributed by atoms with Crippen LogP contribution in [0.3, 0.4) is 0 Å². The highest BCUT2D eigenvalue weighted by Gasteiger charge is 1.88. The zero-order valence-corrected chi connectivity index (χ0v) is 8.94. The van der Waals surface area contributed by atoms with Crippen molar-refractivity contribution in [3.05, 3.63) is 0 Å². The summed E-state index contributed by atoms with van der Waals surface area (Å²) in [4.78, 5) is 0. The van der Waals surface area contributed by atoms with Gasteiger partial charge in [0, 0.05) is 0 Å². The standard InChI is InChI=1S/C10H25N3/c1-2-12-8-5-6-10-13-9-4-3-7-11/h12-13H,2-11H2,1H3. The van der Waals surface area contributed by atoms with Crippen molar-refractivity contribution < 1.29 is 0 Å². The summed E-state index contributed by atoms with van der Waals surface area (Å²) >= 11 is 0. The summed E-state index contributed by atoms with van der Waals surface area (Å²) in [5.74, 6) is 0. The SMILES string of the molecule is CCNCCCCNCCCCN. The van der Waals surface area contributed by atoms with Gasteiger partial charge in [-0.05, 0) is 58.4 Å². The molecule has 0 rings (SSSR count). The minimum absolute atomic E-state index is 0.822. The highest BCUT2D eigenvalue weighted by atomic mass is 14.9. The lowest BCUT2D eigenvalue weighted by atomic mass is 10.3. The largest absolute Gasteiger partial charge is 0.330 e. The van der Waals surface area contributed by atoms with Crippen LogP contribution in [0.5, 0.6) is 0 Å². The monoisotopic (exact) mass is 187 g/mol. The van der Waals surface area contributed by atoms with E-state index in [1.54, 1.807) is 0 Å². The summed E-state index contributed by atoms with van der Waals surface area (Å²) < 4.78 is 0. The lowest BCUT2D eigenvalue weighted by Gasteiger charge is -2.04. The molecule has 3 heteroatoms. The number of unbranched alkanes of at least 4 members (excludes halogenated alkanes) is 2. The summed E-state index contributed by atoms with van der Waals surface area (Å²) in [5.41, 5.74) is 5.39. The summed E-state index contributed by atoms with van der Waals surface area (Å²) in [7, 11) is 0. The third-order valence-corrected chi connectivity index (χ3v) is 2.01. The first-order valence-electron chi connectivity index (χ1n) is 5.53. The maximum absolute atomic E-state index is 5.39. The van der Waals surface area contributed by atoms with Gasteiger partial charge in [-0.3, -0.25) is 0 Å².